The van der Waals surface area contributed by atoms with Crippen LogP contribution in [0.2, 0.25) is 0 Å². The van der Waals surface area contributed by atoms with Gasteiger partial charge in [-0.05, 0) is 67.9 Å². The molecule has 0 radical (unpaired) electrons. The number of rotatable bonds is 3. The predicted molar refractivity (Wildman–Crippen MR) is 94.6 cm³/mol. The lowest BCUT2D eigenvalue weighted by Gasteiger charge is -2.29. The Morgan fingerprint density at radius 2 is 1.71 bits per heavy atom. The summed E-state index contributed by atoms with van der Waals surface area (Å²) in [6.45, 7) is 8.18. The number of imide groups is 1. The minimum atomic E-state index is -0.0622. The summed E-state index contributed by atoms with van der Waals surface area (Å²) in [6, 6.07) is 4.08. The molecule has 126 valence electrons. The zero-order valence-electron chi connectivity index (χ0n) is 14.9. The molecule has 3 aliphatic rings. The first-order chi connectivity index (χ1) is 11.4. The number of aryl methyl sites for hydroxylation is 3. The van der Waals surface area contributed by atoms with Crippen molar-refractivity contribution < 1.29 is 9.59 Å². The minimum absolute atomic E-state index is 0.0179. The Labute approximate surface area is 143 Å². The molecule has 0 aliphatic heterocycles. The van der Waals surface area contributed by atoms with Crippen LogP contribution in [0, 0.1) is 49.9 Å². The molecule has 0 aromatic heterocycles. The van der Waals surface area contributed by atoms with Gasteiger partial charge in [-0.1, -0.05) is 36.8 Å². The molecule has 4 rings (SSSR count). The molecule has 2 bridgehead atoms. The summed E-state index contributed by atoms with van der Waals surface area (Å²) in [5, 5.41) is 0. The van der Waals surface area contributed by atoms with Crippen LogP contribution in [0.5, 0.6) is 0 Å². The molecule has 0 N–H and O–H groups in total. The van der Waals surface area contributed by atoms with E-state index in [2.05, 4.69) is 19.1 Å². The first-order valence-corrected chi connectivity index (χ1v) is 8.95. The Morgan fingerprint density at radius 3 is 2.21 bits per heavy atom. The molecule has 3 nitrogen and oxygen atoms in total. The maximum Gasteiger partial charge on any atom is 0.237 e. The minimum Gasteiger partial charge on any atom is -0.278 e. The van der Waals surface area contributed by atoms with Crippen LogP contribution in [-0.4, -0.2) is 12.3 Å². The summed E-state index contributed by atoms with van der Waals surface area (Å²) < 4.78 is 0. The van der Waals surface area contributed by atoms with Crippen LogP contribution in [0.1, 0.15) is 36.5 Å². The second-order valence-electron chi connectivity index (χ2n) is 8.12. The van der Waals surface area contributed by atoms with E-state index < -0.39 is 0 Å². The third-order valence-corrected chi connectivity index (χ3v) is 6.70. The van der Waals surface area contributed by atoms with Gasteiger partial charge < -0.3 is 0 Å². The predicted octanol–water partition coefficient (Wildman–Crippen LogP) is 3.95. The molecule has 1 spiro atoms. The Morgan fingerprint density at radius 1 is 1.12 bits per heavy atom. The smallest absolute Gasteiger partial charge is 0.237 e. The van der Waals surface area contributed by atoms with E-state index in [-0.39, 0.29) is 11.8 Å². The fourth-order valence-corrected chi connectivity index (χ4v) is 5.69. The lowest BCUT2D eigenvalue weighted by Crippen LogP contribution is -2.40. The van der Waals surface area contributed by atoms with Gasteiger partial charge in [-0.25, -0.2) is 0 Å². The topological polar surface area (TPSA) is 37.4 Å². The van der Waals surface area contributed by atoms with Crippen molar-refractivity contribution in [2.45, 2.75) is 40.5 Å². The zero-order chi connectivity index (χ0) is 17.2. The number of carbonyl (C=O) groups excluding carboxylic acids is 2. The maximum absolute atomic E-state index is 13.3. The zero-order valence-corrected chi connectivity index (χ0v) is 14.9. The third kappa shape index (κ3) is 1.90. The lowest BCUT2D eigenvalue weighted by molar-refractivity contribution is -0.126. The monoisotopic (exact) mass is 323 g/mol. The average molecular weight is 323 g/mol. The van der Waals surface area contributed by atoms with Crippen molar-refractivity contribution in [3.8, 4) is 0 Å². The summed E-state index contributed by atoms with van der Waals surface area (Å²) in [6.07, 6.45) is 7.74. The molecule has 1 aromatic carbocycles. The number of amides is 2. The van der Waals surface area contributed by atoms with Crippen molar-refractivity contribution in [3.05, 3.63) is 41.0 Å². The van der Waals surface area contributed by atoms with Crippen molar-refractivity contribution in [1.29, 1.82) is 0 Å². The van der Waals surface area contributed by atoms with Crippen LogP contribution in [0.15, 0.2) is 24.3 Å². The summed E-state index contributed by atoms with van der Waals surface area (Å²) in [5.74, 6) is 1.08. The molecule has 0 heterocycles. The van der Waals surface area contributed by atoms with E-state index in [1.807, 2.05) is 32.9 Å². The highest BCUT2D eigenvalue weighted by atomic mass is 16.2. The first-order valence-electron chi connectivity index (χ1n) is 8.95. The van der Waals surface area contributed by atoms with E-state index in [1.165, 1.54) is 17.7 Å². The number of nitrogens with zero attached hydrogens (tertiary/aromatic N) is 1. The van der Waals surface area contributed by atoms with Gasteiger partial charge in [-0.2, -0.15) is 0 Å². The van der Waals surface area contributed by atoms with Gasteiger partial charge in [0, 0.05) is 5.92 Å². The fourth-order valence-electron chi connectivity index (χ4n) is 5.69. The van der Waals surface area contributed by atoms with E-state index in [9.17, 15) is 9.59 Å². The van der Waals surface area contributed by atoms with Crippen molar-refractivity contribution in [2.24, 2.45) is 29.1 Å². The fraction of sp³-hybridized carbons (Fsp3) is 0.524. The molecule has 1 aromatic rings. The van der Waals surface area contributed by atoms with Gasteiger partial charge >= 0.3 is 0 Å². The third-order valence-electron chi connectivity index (χ3n) is 6.70. The second-order valence-corrected chi connectivity index (χ2v) is 8.12. The number of anilines is 1. The average Bonchev–Trinajstić information content (AvgIpc) is 3.17. The molecule has 0 saturated heterocycles. The van der Waals surface area contributed by atoms with Crippen molar-refractivity contribution in [3.63, 3.8) is 0 Å². The van der Waals surface area contributed by atoms with Gasteiger partial charge in [-0.15, -0.1) is 0 Å². The largest absolute Gasteiger partial charge is 0.278 e. The first kappa shape index (κ1) is 15.6. The van der Waals surface area contributed by atoms with Gasteiger partial charge in [0.25, 0.3) is 0 Å². The van der Waals surface area contributed by atoms with Crippen LogP contribution < -0.4 is 4.90 Å². The standard InChI is InChI=1S/C21H25NO2/c1-12-9-13(2)19(14(3)10-12)22(11-23)20(24)18-15(4)16-5-6-17(18)21(16)7-8-21/h5-6,9-11,15-18H,7-8H2,1-4H3/t15-,16+,17+,18-/m1/s1. The van der Waals surface area contributed by atoms with Gasteiger partial charge in [0.05, 0.1) is 5.69 Å². The molecule has 3 aliphatic carbocycles. The highest BCUT2D eigenvalue weighted by molar-refractivity contribution is 6.09. The van der Waals surface area contributed by atoms with E-state index in [0.29, 0.717) is 23.2 Å². The maximum atomic E-state index is 13.3. The molecular formula is C21H25NO2. The Hall–Kier alpha value is -1.90. The Balaban J connectivity index is 1.71. The van der Waals surface area contributed by atoms with Gasteiger partial charge in [0.2, 0.25) is 12.3 Å². The van der Waals surface area contributed by atoms with Crippen LogP contribution in [0.4, 0.5) is 5.69 Å². The van der Waals surface area contributed by atoms with Crippen LogP contribution in [-0.2, 0) is 9.59 Å². The molecule has 24 heavy (non-hydrogen) atoms. The number of hydrogen-bond acceptors (Lipinski definition) is 2. The van der Waals surface area contributed by atoms with Crippen molar-refractivity contribution >= 4 is 18.0 Å². The molecule has 3 heteroatoms. The van der Waals surface area contributed by atoms with E-state index >= 15 is 0 Å². The van der Waals surface area contributed by atoms with Crippen molar-refractivity contribution in [1.82, 2.24) is 0 Å². The van der Waals surface area contributed by atoms with Crippen molar-refractivity contribution in [2.75, 3.05) is 4.90 Å². The van der Waals surface area contributed by atoms with Crippen LogP contribution in [0.25, 0.3) is 0 Å². The van der Waals surface area contributed by atoms with E-state index in [1.54, 1.807) is 0 Å². The number of hydrogen-bond donors (Lipinski definition) is 0. The Kier molecular flexibility index (Phi) is 3.28. The van der Waals surface area contributed by atoms with Gasteiger partial charge in [-0.3, -0.25) is 14.5 Å². The lowest BCUT2D eigenvalue weighted by atomic mass is 9.83. The molecule has 2 amide bonds. The van der Waals surface area contributed by atoms with Crippen LogP contribution >= 0.6 is 0 Å². The second kappa shape index (κ2) is 5.05. The highest BCUT2D eigenvalue weighted by Gasteiger charge is 2.67. The highest BCUT2D eigenvalue weighted by Crippen LogP contribution is 2.72. The Bertz CT molecular complexity index is 736. The number of carbonyl (C=O) groups is 2. The molecule has 0 unspecified atom stereocenters. The molecule has 2 saturated carbocycles. The summed E-state index contributed by atoms with van der Waals surface area (Å²) >= 11 is 0. The summed E-state index contributed by atoms with van der Waals surface area (Å²) in [4.78, 5) is 26.6. The molecular weight excluding hydrogens is 298 g/mol. The normalized spacial score (nSPS) is 31.5. The van der Waals surface area contributed by atoms with Gasteiger partial charge in [0.1, 0.15) is 0 Å². The SMILES string of the molecule is Cc1cc(C)c(N(C=O)C(=O)[C@@H]2[C@H](C)[C@@H]3C=C[C@@H]2C32CC2)c(C)c1. The van der Waals surface area contributed by atoms with Gasteiger partial charge in [0.15, 0.2) is 0 Å². The molecule has 2 fully saturated rings. The number of benzene rings is 1. The van der Waals surface area contributed by atoms with E-state index in [0.717, 1.165) is 28.8 Å². The van der Waals surface area contributed by atoms with E-state index in [4.69, 9.17) is 0 Å². The van der Waals surface area contributed by atoms with Crippen LogP contribution in [0.3, 0.4) is 0 Å². The quantitative estimate of drug-likeness (QED) is 0.624. The molecule has 4 atom stereocenters. The summed E-state index contributed by atoms with van der Waals surface area (Å²) in [7, 11) is 0. The summed E-state index contributed by atoms with van der Waals surface area (Å²) in [5.41, 5.74) is 4.23. The number of allylic oxidation sites excluding steroid dienone is 2.